The molecule has 0 saturated carbocycles. The van der Waals surface area contributed by atoms with Gasteiger partial charge in [0.25, 0.3) is 0 Å². The van der Waals surface area contributed by atoms with Crippen LogP contribution in [0.1, 0.15) is 26.7 Å². The summed E-state index contributed by atoms with van der Waals surface area (Å²) in [5.41, 5.74) is 0. The first-order valence-electron chi connectivity index (χ1n) is 7.94. The molecule has 0 saturated heterocycles. The first-order chi connectivity index (χ1) is 12.0. The molecule has 0 aromatic heterocycles. The van der Waals surface area contributed by atoms with Crippen LogP contribution in [0.15, 0.2) is 0 Å². The van der Waals surface area contributed by atoms with E-state index in [-0.39, 0.29) is 103 Å². The molecule has 1 N–H and O–H groups in total. The van der Waals surface area contributed by atoms with Crippen LogP contribution in [0, 0.1) is 23.7 Å². The molecule has 0 bridgehead atoms. The van der Waals surface area contributed by atoms with Gasteiger partial charge in [0.05, 0.1) is 18.1 Å². The molecule has 0 rings (SSSR count). The van der Waals surface area contributed by atoms with Gasteiger partial charge in [-0.05, 0) is 12.8 Å². The summed E-state index contributed by atoms with van der Waals surface area (Å²) in [4.78, 5) is 45.5. The normalized spacial score (nSPS) is 16.3. The number of carboxylic acid groups (broad SMARTS) is 4. The average molecular weight is 461 g/mol. The Hall–Kier alpha value is 1.06. The van der Waals surface area contributed by atoms with Crippen LogP contribution < -0.4 is 74.4 Å². The third-order valence-corrected chi connectivity index (χ3v) is 4.50. The van der Waals surface area contributed by atoms with Gasteiger partial charge in [0.2, 0.25) is 0 Å². The predicted molar refractivity (Wildman–Crippen MR) is 84.5 cm³/mol. The summed E-state index contributed by atoms with van der Waals surface area (Å²) in [7, 11) is 2.26. The van der Waals surface area contributed by atoms with Crippen LogP contribution in [0.5, 0.6) is 0 Å². The van der Waals surface area contributed by atoms with Crippen molar-refractivity contribution in [3.05, 3.63) is 0 Å². The Bertz CT molecular complexity index is 530. The van der Waals surface area contributed by atoms with Crippen LogP contribution >= 0.6 is 0 Å². The quantitative estimate of drug-likeness (QED) is 0.259. The second-order valence-corrected chi connectivity index (χ2v) is 5.93. The Morgan fingerprint density at radius 1 is 0.862 bits per heavy atom. The van der Waals surface area contributed by atoms with E-state index >= 15 is 0 Å². The first-order valence-corrected chi connectivity index (χ1v) is 7.94. The molecule has 0 aliphatic heterocycles. The standard InChI is InChI=1S/C16H26O10.Ca.2Na/c1-5-9(25-3)12(16(23)24)8(14(19)20)6-10(26-4)11(15(21)22)7(2)13(17)18;;;/h7-12H,5-6H2,1-4H3,(H,17,18)(H,19,20)(H,21,22)(H,23,24);;;/q;+2;2*+1/p-3. The maximum absolute atomic E-state index is 11.5. The number of hydrogen-bond acceptors (Lipinski definition) is 9. The summed E-state index contributed by atoms with van der Waals surface area (Å²) in [6.45, 7) is 2.65. The summed E-state index contributed by atoms with van der Waals surface area (Å²) in [5, 5.41) is 43.4. The van der Waals surface area contributed by atoms with Crippen molar-refractivity contribution in [2.45, 2.75) is 38.9 Å². The number of carbonyl (C=O) groups excluding carboxylic acids is 3. The fraction of sp³-hybridized carbons (Fsp3) is 0.750. The van der Waals surface area contributed by atoms with E-state index in [1.807, 2.05) is 0 Å². The molecule has 0 fully saturated rings. The minimum atomic E-state index is -1.76. The molecule has 0 amide bonds. The van der Waals surface area contributed by atoms with Crippen LogP contribution in [0.25, 0.3) is 0 Å². The Morgan fingerprint density at radius 3 is 1.55 bits per heavy atom. The zero-order valence-corrected chi connectivity index (χ0v) is 23.9. The topological polar surface area (TPSA) is 176 Å². The van der Waals surface area contributed by atoms with Gasteiger partial charge in [-0.3, -0.25) is 4.79 Å². The summed E-state index contributed by atoms with van der Waals surface area (Å²) < 4.78 is 9.98. The fourth-order valence-corrected chi connectivity index (χ4v) is 3.01. The summed E-state index contributed by atoms with van der Waals surface area (Å²) >= 11 is 0. The van der Waals surface area contributed by atoms with Crippen molar-refractivity contribution >= 4 is 61.6 Å². The number of methoxy groups -OCH3 is 2. The molecular formula is C16H23CaNa2O10+. The second-order valence-electron chi connectivity index (χ2n) is 5.93. The maximum atomic E-state index is 11.5. The molecular weight excluding hydrogens is 438 g/mol. The van der Waals surface area contributed by atoms with Gasteiger partial charge in [-0.15, -0.1) is 0 Å². The number of ether oxygens (including phenoxy) is 2. The van der Waals surface area contributed by atoms with Crippen molar-refractivity contribution in [3.63, 3.8) is 0 Å². The Morgan fingerprint density at radius 2 is 1.31 bits per heavy atom. The minimum Gasteiger partial charge on any atom is -0.550 e. The van der Waals surface area contributed by atoms with E-state index in [2.05, 4.69) is 0 Å². The van der Waals surface area contributed by atoms with Gasteiger partial charge in [-0.25, -0.2) is 0 Å². The van der Waals surface area contributed by atoms with Crippen LogP contribution in [0.4, 0.5) is 0 Å². The molecule has 10 nitrogen and oxygen atoms in total. The van der Waals surface area contributed by atoms with Crippen LogP contribution in [-0.2, 0) is 28.7 Å². The van der Waals surface area contributed by atoms with Crippen molar-refractivity contribution in [2.24, 2.45) is 23.7 Å². The van der Waals surface area contributed by atoms with Gasteiger partial charge < -0.3 is 44.3 Å². The molecule has 6 atom stereocenters. The summed E-state index contributed by atoms with van der Waals surface area (Å²) in [6, 6.07) is 0. The summed E-state index contributed by atoms with van der Waals surface area (Å²) in [5.74, 6) is -13.2. The molecule has 0 aliphatic carbocycles. The molecule has 0 heterocycles. The molecule has 150 valence electrons. The van der Waals surface area contributed by atoms with E-state index in [4.69, 9.17) is 9.47 Å². The number of carbonyl (C=O) groups is 4. The zero-order chi connectivity index (χ0) is 20.6. The third-order valence-electron chi connectivity index (χ3n) is 4.50. The van der Waals surface area contributed by atoms with E-state index < -0.39 is 66.2 Å². The van der Waals surface area contributed by atoms with Gasteiger partial charge in [-0.1, -0.05) is 13.8 Å². The molecule has 0 aromatic rings. The van der Waals surface area contributed by atoms with Gasteiger partial charge in [0.1, 0.15) is 0 Å². The SMILES string of the molecule is CCC(OC)C(C(=O)[O-])C(CC(OC)C(C(=O)O)C(C)C(=O)[O-])C(=O)[O-].[Ca+2].[Na+].[Na+]. The van der Waals surface area contributed by atoms with Gasteiger partial charge in [0, 0.05) is 49.9 Å². The van der Waals surface area contributed by atoms with E-state index in [9.17, 15) is 39.6 Å². The smallest absolute Gasteiger partial charge is 0.550 e. The van der Waals surface area contributed by atoms with E-state index in [0.717, 1.165) is 14.0 Å². The number of rotatable bonds is 13. The minimum absolute atomic E-state index is 0. The predicted octanol–water partition coefficient (Wildman–Crippen LogP) is -9.74. The fourth-order valence-electron chi connectivity index (χ4n) is 3.01. The van der Waals surface area contributed by atoms with Crippen LogP contribution in [0.3, 0.4) is 0 Å². The summed E-state index contributed by atoms with van der Waals surface area (Å²) in [6.07, 6.45) is -2.91. The number of carboxylic acids is 4. The molecule has 6 unspecified atom stereocenters. The zero-order valence-electron chi connectivity index (χ0n) is 17.7. The van der Waals surface area contributed by atoms with Crippen molar-refractivity contribution in [1.82, 2.24) is 0 Å². The molecule has 0 radical (unpaired) electrons. The van der Waals surface area contributed by atoms with E-state index in [1.54, 1.807) is 6.92 Å². The van der Waals surface area contributed by atoms with Crippen molar-refractivity contribution in [2.75, 3.05) is 14.2 Å². The van der Waals surface area contributed by atoms with Crippen molar-refractivity contribution in [3.8, 4) is 0 Å². The van der Waals surface area contributed by atoms with E-state index in [1.165, 1.54) is 7.11 Å². The molecule has 0 aromatic carbocycles. The Kier molecular flexibility index (Phi) is 24.0. The second kappa shape index (κ2) is 18.6. The molecule has 0 aliphatic rings. The molecule has 13 heteroatoms. The van der Waals surface area contributed by atoms with Gasteiger partial charge >= 0.3 is 103 Å². The monoisotopic (exact) mass is 461 g/mol. The molecule has 29 heavy (non-hydrogen) atoms. The number of aliphatic carboxylic acids is 4. The van der Waals surface area contributed by atoms with Crippen molar-refractivity contribution < 1.29 is 108 Å². The Balaban J connectivity index is -0.00000104. The maximum Gasteiger partial charge on any atom is 2.00 e. The van der Waals surface area contributed by atoms with Gasteiger partial charge in [-0.2, -0.15) is 0 Å². The third kappa shape index (κ3) is 11.5. The van der Waals surface area contributed by atoms with E-state index in [0.29, 0.717) is 0 Å². The Labute approximate surface area is 243 Å². The molecule has 0 spiro atoms. The van der Waals surface area contributed by atoms with Crippen LogP contribution in [0.2, 0.25) is 0 Å². The first kappa shape index (κ1) is 37.4. The van der Waals surface area contributed by atoms with Crippen molar-refractivity contribution in [1.29, 1.82) is 0 Å². The largest absolute Gasteiger partial charge is 2.00 e. The average Bonchev–Trinajstić information content (AvgIpc) is 2.55. The van der Waals surface area contributed by atoms with Crippen LogP contribution in [-0.4, -0.2) is 93.1 Å². The van der Waals surface area contributed by atoms with Gasteiger partial charge in [0.15, 0.2) is 0 Å². The number of hydrogen-bond donors (Lipinski definition) is 1.